The van der Waals surface area contributed by atoms with E-state index in [1.807, 2.05) is 35.8 Å². The molecule has 0 N–H and O–H groups in total. The molecule has 1 fully saturated rings. The fourth-order valence-electron chi connectivity index (χ4n) is 1.41. The lowest BCUT2D eigenvalue weighted by molar-refractivity contribution is 0.263. The first-order chi connectivity index (χ1) is 7.92. The summed E-state index contributed by atoms with van der Waals surface area (Å²) in [6.07, 6.45) is 2.12. The fourth-order valence-corrected chi connectivity index (χ4v) is 2.06. The molecule has 0 amide bonds. The van der Waals surface area contributed by atoms with E-state index >= 15 is 0 Å². The number of rotatable bonds is 4. The number of hydrogen-bond acceptors (Lipinski definition) is 4. The monoisotopic (exact) mass is 233 g/mol. The van der Waals surface area contributed by atoms with Gasteiger partial charge in [0.2, 0.25) is 0 Å². The molecule has 0 saturated carbocycles. The number of thiazole rings is 1. The average Bonchev–Trinajstić information content (AvgIpc) is 3.00. The minimum absolute atomic E-state index is 0.304. The second-order valence-electron chi connectivity index (χ2n) is 3.63. The molecule has 2 heterocycles. The Kier molecular flexibility index (Phi) is 2.60. The summed E-state index contributed by atoms with van der Waals surface area (Å²) < 4.78 is 10.6. The van der Waals surface area contributed by atoms with Crippen LogP contribution in [-0.4, -0.2) is 24.3 Å². The van der Waals surface area contributed by atoms with E-state index in [-0.39, 0.29) is 0 Å². The zero-order valence-corrected chi connectivity index (χ0v) is 9.44. The van der Waals surface area contributed by atoms with Crippen molar-refractivity contribution in [1.82, 2.24) is 4.98 Å². The van der Waals surface area contributed by atoms with Crippen LogP contribution in [0.25, 0.3) is 10.6 Å². The van der Waals surface area contributed by atoms with E-state index in [0.717, 1.165) is 22.9 Å². The Labute approximate surface area is 97.7 Å². The summed E-state index contributed by atoms with van der Waals surface area (Å²) >= 11 is 1.64. The molecule has 0 radical (unpaired) electrons. The molecule has 2 aromatic rings. The summed E-state index contributed by atoms with van der Waals surface area (Å²) in [5.41, 5.74) is 1.13. The zero-order chi connectivity index (χ0) is 10.8. The van der Waals surface area contributed by atoms with Crippen LogP contribution in [0.15, 0.2) is 35.8 Å². The number of nitrogens with zero attached hydrogens (tertiary/aromatic N) is 1. The zero-order valence-electron chi connectivity index (χ0n) is 8.63. The molecule has 0 spiro atoms. The van der Waals surface area contributed by atoms with Crippen molar-refractivity contribution < 1.29 is 9.47 Å². The first-order valence-corrected chi connectivity index (χ1v) is 6.04. The molecule has 1 unspecified atom stereocenters. The van der Waals surface area contributed by atoms with Crippen molar-refractivity contribution in [3.8, 4) is 16.3 Å². The molecule has 1 aliphatic rings. The summed E-state index contributed by atoms with van der Waals surface area (Å²) in [5.74, 6) is 0.885. The van der Waals surface area contributed by atoms with E-state index < -0.39 is 0 Å². The number of aromatic nitrogens is 1. The Morgan fingerprint density at radius 3 is 2.81 bits per heavy atom. The lowest BCUT2D eigenvalue weighted by Gasteiger charge is -2.04. The van der Waals surface area contributed by atoms with Crippen molar-refractivity contribution in [2.45, 2.75) is 6.10 Å². The van der Waals surface area contributed by atoms with Crippen molar-refractivity contribution in [1.29, 1.82) is 0 Å². The topological polar surface area (TPSA) is 34.6 Å². The Hall–Kier alpha value is -1.39. The van der Waals surface area contributed by atoms with Gasteiger partial charge in [0.25, 0.3) is 0 Å². The highest BCUT2D eigenvalue weighted by Crippen LogP contribution is 2.24. The lowest BCUT2D eigenvalue weighted by atomic mass is 10.2. The van der Waals surface area contributed by atoms with Gasteiger partial charge in [-0.2, -0.15) is 0 Å². The van der Waals surface area contributed by atoms with Crippen LogP contribution in [0, 0.1) is 0 Å². The summed E-state index contributed by atoms with van der Waals surface area (Å²) in [5, 5.41) is 3.02. The maximum Gasteiger partial charge on any atom is 0.123 e. The van der Waals surface area contributed by atoms with Crippen molar-refractivity contribution in [3.05, 3.63) is 35.8 Å². The fraction of sp³-hybridized carbons (Fsp3) is 0.250. The van der Waals surface area contributed by atoms with Crippen LogP contribution < -0.4 is 4.74 Å². The molecule has 3 nitrogen and oxygen atoms in total. The third-order valence-corrected chi connectivity index (χ3v) is 3.19. The normalized spacial score (nSPS) is 18.4. The predicted molar refractivity (Wildman–Crippen MR) is 62.8 cm³/mol. The molecular formula is C12H11NO2S. The molecule has 1 aromatic heterocycles. The third-order valence-electron chi connectivity index (χ3n) is 2.37. The molecule has 1 aromatic carbocycles. The molecule has 1 aliphatic heterocycles. The molecule has 16 heavy (non-hydrogen) atoms. The van der Waals surface area contributed by atoms with Crippen LogP contribution >= 0.6 is 11.3 Å². The second-order valence-corrected chi connectivity index (χ2v) is 4.52. The summed E-state index contributed by atoms with van der Waals surface area (Å²) in [4.78, 5) is 4.26. The maximum atomic E-state index is 5.56. The molecule has 1 atom stereocenters. The second kappa shape index (κ2) is 4.23. The highest BCUT2D eigenvalue weighted by molar-refractivity contribution is 7.13. The van der Waals surface area contributed by atoms with Crippen molar-refractivity contribution in [2.24, 2.45) is 0 Å². The minimum atomic E-state index is 0.304. The summed E-state index contributed by atoms with van der Waals surface area (Å²) in [6.45, 7) is 1.48. The van der Waals surface area contributed by atoms with Gasteiger partial charge in [0, 0.05) is 17.1 Å². The van der Waals surface area contributed by atoms with Crippen molar-refractivity contribution in [3.63, 3.8) is 0 Å². The van der Waals surface area contributed by atoms with Gasteiger partial charge in [-0.15, -0.1) is 11.3 Å². The average molecular weight is 233 g/mol. The Bertz CT molecular complexity index is 448. The molecule has 0 aliphatic carbocycles. The van der Waals surface area contributed by atoms with E-state index in [1.165, 1.54) is 0 Å². The largest absolute Gasteiger partial charge is 0.491 e. The van der Waals surface area contributed by atoms with E-state index in [0.29, 0.717) is 12.7 Å². The summed E-state index contributed by atoms with van der Waals surface area (Å²) in [7, 11) is 0. The van der Waals surface area contributed by atoms with Gasteiger partial charge in [0.15, 0.2) is 0 Å². The van der Waals surface area contributed by atoms with Gasteiger partial charge in [-0.05, 0) is 24.3 Å². The van der Waals surface area contributed by atoms with Crippen LogP contribution in [-0.2, 0) is 4.74 Å². The first kappa shape index (κ1) is 9.81. The van der Waals surface area contributed by atoms with E-state index in [2.05, 4.69) is 4.98 Å². The van der Waals surface area contributed by atoms with E-state index in [4.69, 9.17) is 9.47 Å². The van der Waals surface area contributed by atoms with Crippen LogP contribution in [0.4, 0.5) is 0 Å². The Morgan fingerprint density at radius 2 is 2.19 bits per heavy atom. The van der Waals surface area contributed by atoms with Gasteiger partial charge < -0.3 is 9.47 Å². The molecule has 1 saturated heterocycles. The number of epoxide rings is 1. The maximum absolute atomic E-state index is 5.56. The molecule has 82 valence electrons. The van der Waals surface area contributed by atoms with Gasteiger partial charge in [0.1, 0.15) is 23.5 Å². The Balaban J connectivity index is 1.69. The SMILES string of the molecule is c1csc(-c2ccc(OCC3CO3)cc2)n1. The van der Waals surface area contributed by atoms with Crippen LogP contribution in [0.3, 0.4) is 0 Å². The molecule has 0 bridgehead atoms. The van der Waals surface area contributed by atoms with E-state index in [9.17, 15) is 0 Å². The quantitative estimate of drug-likeness (QED) is 0.761. The van der Waals surface area contributed by atoms with Gasteiger partial charge >= 0.3 is 0 Å². The molecular weight excluding hydrogens is 222 g/mol. The molecule has 3 rings (SSSR count). The lowest BCUT2D eigenvalue weighted by Crippen LogP contribution is -2.03. The van der Waals surface area contributed by atoms with Gasteiger partial charge in [-0.1, -0.05) is 0 Å². The summed E-state index contributed by atoms with van der Waals surface area (Å²) in [6, 6.07) is 8.00. The number of ether oxygens (including phenoxy) is 2. The van der Waals surface area contributed by atoms with Crippen LogP contribution in [0.2, 0.25) is 0 Å². The minimum Gasteiger partial charge on any atom is -0.491 e. The van der Waals surface area contributed by atoms with Gasteiger partial charge in [-0.25, -0.2) is 4.98 Å². The van der Waals surface area contributed by atoms with E-state index in [1.54, 1.807) is 11.3 Å². The Morgan fingerprint density at radius 1 is 1.38 bits per heavy atom. The molecule has 4 heteroatoms. The van der Waals surface area contributed by atoms with Crippen molar-refractivity contribution >= 4 is 11.3 Å². The predicted octanol–water partition coefficient (Wildman–Crippen LogP) is 2.59. The highest BCUT2D eigenvalue weighted by atomic mass is 32.1. The number of benzene rings is 1. The third kappa shape index (κ3) is 2.23. The standard InChI is InChI=1S/C12H11NO2S/c1-3-10(14-7-11-8-15-11)4-2-9(1)12-13-5-6-16-12/h1-6,11H,7-8H2. The smallest absolute Gasteiger partial charge is 0.123 e. The van der Waals surface area contributed by atoms with Crippen LogP contribution in [0.1, 0.15) is 0 Å². The highest BCUT2D eigenvalue weighted by Gasteiger charge is 2.22. The van der Waals surface area contributed by atoms with Crippen molar-refractivity contribution in [2.75, 3.05) is 13.2 Å². The first-order valence-electron chi connectivity index (χ1n) is 5.16. The van der Waals surface area contributed by atoms with Crippen LogP contribution in [0.5, 0.6) is 5.75 Å². The number of hydrogen-bond donors (Lipinski definition) is 0. The van der Waals surface area contributed by atoms with Gasteiger partial charge in [-0.3, -0.25) is 0 Å². The van der Waals surface area contributed by atoms with Gasteiger partial charge in [0.05, 0.1) is 6.61 Å².